The lowest BCUT2D eigenvalue weighted by Crippen LogP contribution is -2.47. The Morgan fingerprint density at radius 1 is 1.12 bits per heavy atom. The van der Waals surface area contributed by atoms with Gasteiger partial charge in [0.1, 0.15) is 0 Å². The highest BCUT2D eigenvalue weighted by Crippen LogP contribution is 2.25. The molecule has 142 valence electrons. The second-order valence-electron chi connectivity index (χ2n) is 7.36. The van der Waals surface area contributed by atoms with Crippen molar-refractivity contribution < 1.29 is 4.79 Å². The van der Waals surface area contributed by atoms with E-state index in [9.17, 15) is 4.79 Å². The first-order valence-corrected chi connectivity index (χ1v) is 9.88. The molecule has 0 aromatic carbocycles. The number of nitrogens with zero attached hydrogens (tertiary/aromatic N) is 5. The molecule has 0 unspecified atom stereocenters. The summed E-state index contributed by atoms with van der Waals surface area (Å²) in [6.45, 7) is 5.59. The van der Waals surface area contributed by atoms with Crippen LogP contribution in [0.5, 0.6) is 0 Å². The van der Waals surface area contributed by atoms with Crippen LogP contribution in [-0.2, 0) is 4.79 Å². The van der Waals surface area contributed by atoms with E-state index >= 15 is 0 Å². The number of hydrogen-bond acceptors (Lipinski definition) is 5. The normalized spacial score (nSPS) is 19.8. The fourth-order valence-corrected chi connectivity index (χ4v) is 3.79. The second kappa shape index (κ2) is 9.67. The number of likely N-dealkylation sites (N-methyl/N-ethyl adjacent to an activating group) is 1. The van der Waals surface area contributed by atoms with Gasteiger partial charge >= 0.3 is 0 Å². The minimum Gasteiger partial charge on any atom is -0.342 e. The van der Waals surface area contributed by atoms with E-state index in [4.69, 9.17) is 0 Å². The number of rotatable bonds is 6. The van der Waals surface area contributed by atoms with E-state index in [1.54, 1.807) is 12.4 Å². The molecule has 2 heterocycles. The van der Waals surface area contributed by atoms with Gasteiger partial charge in [-0.15, -0.1) is 0 Å². The summed E-state index contributed by atoms with van der Waals surface area (Å²) in [6, 6.07) is 1.85. The molecule has 6 nitrogen and oxygen atoms in total. The van der Waals surface area contributed by atoms with Gasteiger partial charge < -0.3 is 9.80 Å². The van der Waals surface area contributed by atoms with E-state index < -0.39 is 0 Å². The molecular formula is C20H31N5O. The Hall–Kier alpha value is -1.95. The fraction of sp³-hybridized carbons (Fsp3) is 0.650. The summed E-state index contributed by atoms with van der Waals surface area (Å²) in [5, 5.41) is 0. The molecule has 0 N–H and O–H groups in total. The number of piperazine rings is 1. The van der Waals surface area contributed by atoms with Crippen LogP contribution in [0.4, 0.5) is 5.95 Å². The van der Waals surface area contributed by atoms with Crippen LogP contribution in [0, 0.1) is 5.92 Å². The highest BCUT2D eigenvalue weighted by Gasteiger charge is 2.23. The number of carbonyl (C=O) groups is 1. The van der Waals surface area contributed by atoms with Crippen LogP contribution in [0.3, 0.4) is 0 Å². The molecule has 0 bridgehead atoms. The van der Waals surface area contributed by atoms with E-state index in [0.717, 1.165) is 51.5 Å². The Labute approximate surface area is 156 Å². The Kier molecular flexibility index (Phi) is 7.00. The molecule has 0 spiro atoms. The molecule has 1 saturated heterocycles. The first-order valence-electron chi connectivity index (χ1n) is 9.88. The number of hydrogen-bond donors (Lipinski definition) is 0. The van der Waals surface area contributed by atoms with Crippen molar-refractivity contribution in [2.24, 2.45) is 5.92 Å². The van der Waals surface area contributed by atoms with E-state index in [1.807, 2.05) is 18.0 Å². The standard InChI is InChI=1S/C20H31N5O/c1-23(19(26)18-8-3-2-4-9-18)12-5-6-13-24-14-16-25(17-15-24)20-21-10-7-11-22-20/h5-7,10-11,18H,2-4,8-9,12-17H2,1H3/b6-5+. The fourth-order valence-electron chi connectivity index (χ4n) is 3.79. The molecule has 1 saturated carbocycles. The molecule has 1 aliphatic carbocycles. The zero-order chi connectivity index (χ0) is 18.2. The van der Waals surface area contributed by atoms with Crippen LogP contribution in [0.15, 0.2) is 30.6 Å². The lowest BCUT2D eigenvalue weighted by molar-refractivity contribution is -0.134. The molecular weight excluding hydrogens is 326 g/mol. The van der Waals surface area contributed by atoms with Crippen molar-refractivity contribution in [3.8, 4) is 0 Å². The van der Waals surface area contributed by atoms with E-state index in [1.165, 1.54) is 19.3 Å². The van der Waals surface area contributed by atoms with Crippen LogP contribution < -0.4 is 4.90 Å². The zero-order valence-corrected chi connectivity index (χ0v) is 15.9. The topological polar surface area (TPSA) is 52.6 Å². The third-order valence-corrected chi connectivity index (χ3v) is 5.45. The Balaban J connectivity index is 1.35. The van der Waals surface area contributed by atoms with Gasteiger partial charge in [-0.25, -0.2) is 9.97 Å². The molecule has 6 heteroatoms. The van der Waals surface area contributed by atoms with E-state index in [-0.39, 0.29) is 5.92 Å². The van der Waals surface area contributed by atoms with Crippen LogP contribution >= 0.6 is 0 Å². The number of amides is 1. The van der Waals surface area contributed by atoms with Crippen LogP contribution in [0.2, 0.25) is 0 Å². The molecule has 26 heavy (non-hydrogen) atoms. The van der Waals surface area contributed by atoms with Crippen LogP contribution in [-0.4, -0.2) is 72.0 Å². The summed E-state index contributed by atoms with van der Waals surface area (Å²) in [7, 11) is 1.93. The summed E-state index contributed by atoms with van der Waals surface area (Å²) in [5.74, 6) is 1.41. The van der Waals surface area contributed by atoms with Crippen molar-refractivity contribution in [3.63, 3.8) is 0 Å². The number of aromatic nitrogens is 2. The largest absolute Gasteiger partial charge is 0.342 e. The molecule has 2 aliphatic rings. The third kappa shape index (κ3) is 5.27. The Bertz CT molecular complexity index is 577. The maximum atomic E-state index is 12.4. The van der Waals surface area contributed by atoms with Gasteiger partial charge in [-0.1, -0.05) is 31.4 Å². The predicted octanol–water partition coefficient (Wildman–Crippen LogP) is 2.19. The van der Waals surface area contributed by atoms with Crippen LogP contribution in [0.1, 0.15) is 32.1 Å². The van der Waals surface area contributed by atoms with Crippen molar-refractivity contribution >= 4 is 11.9 Å². The number of anilines is 1. The van der Waals surface area contributed by atoms with Gasteiger partial charge in [-0.3, -0.25) is 9.69 Å². The van der Waals surface area contributed by atoms with Gasteiger partial charge in [0.2, 0.25) is 11.9 Å². The highest BCUT2D eigenvalue weighted by molar-refractivity contribution is 5.78. The maximum absolute atomic E-state index is 12.4. The van der Waals surface area contributed by atoms with Crippen molar-refractivity contribution in [2.75, 3.05) is 51.2 Å². The van der Waals surface area contributed by atoms with Gasteiger partial charge in [0.15, 0.2) is 0 Å². The highest BCUT2D eigenvalue weighted by atomic mass is 16.2. The summed E-state index contributed by atoms with van der Waals surface area (Å²) < 4.78 is 0. The van der Waals surface area contributed by atoms with Gasteiger partial charge in [0.25, 0.3) is 0 Å². The second-order valence-corrected chi connectivity index (χ2v) is 7.36. The Morgan fingerprint density at radius 3 is 2.50 bits per heavy atom. The van der Waals surface area contributed by atoms with Crippen molar-refractivity contribution in [1.82, 2.24) is 19.8 Å². The lowest BCUT2D eigenvalue weighted by Gasteiger charge is -2.34. The molecule has 1 aromatic rings. The number of carbonyl (C=O) groups excluding carboxylic acids is 1. The SMILES string of the molecule is CN(C/C=C/CN1CCN(c2ncccn2)CC1)C(=O)C1CCCCC1. The minimum absolute atomic E-state index is 0.260. The summed E-state index contributed by atoms with van der Waals surface area (Å²) in [4.78, 5) is 27.6. The van der Waals surface area contributed by atoms with Gasteiger partial charge in [0, 0.05) is 64.6 Å². The first kappa shape index (κ1) is 18.8. The van der Waals surface area contributed by atoms with Crippen molar-refractivity contribution in [1.29, 1.82) is 0 Å². The Morgan fingerprint density at radius 2 is 1.81 bits per heavy atom. The quantitative estimate of drug-likeness (QED) is 0.731. The van der Waals surface area contributed by atoms with Crippen molar-refractivity contribution in [3.05, 3.63) is 30.6 Å². The third-order valence-electron chi connectivity index (χ3n) is 5.45. The summed E-state index contributed by atoms with van der Waals surface area (Å²) in [5.41, 5.74) is 0. The van der Waals surface area contributed by atoms with Gasteiger partial charge in [0.05, 0.1) is 0 Å². The van der Waals surface area contributed by atoms with Crippen LogP contribution in [0.25, 0.3) is 0 Å². The van der Waals surface area contributed by atoms with Crippen molar-refractivity contribution in [2.45, 2.75) is 32.1 Å². The molecule has 3 rings (SSSR count). The van der Waals surface area contributed by atoms with E-state index in [2.05, 4.69) is 31.9 Å². The zero-order valence-electron chi connectivity index (χ0n) is 15.9. The van der Waals surface area contributed by atoms with Gasteiger partial charge in [-0.2, -0.15) is 0 Å². The van der Waals surface area contributed by atoms with Gasteiger partial charge in [-0.05, 0) is 18.9 Å². The minimum atomic E-state index is 0.260. The lowest BCUT2D eigenvalue weighted by atomic mass is 9.88. The molecule has 0 atom stereocenters. The average Bonchev–Trinajstić information content (AvgIpc) is 2.72. The molecule has 1 aromatic heterocycles. The van der Waals surface area contributed by atoms with E-state index in [0.29, 0.717) is 12.5 Å². The molecule has 2 fully saturated rings. The average molecular weight is 358 g/mol. The summed E-state index contributed by atoms with van der Waals surface area (Å²) >= 11 is 0. The monoisotopic (exact) mass is 357 g/mol. The summed E-state index contributed by atoms with van der Waals surface area (Å²) in [6.07, 6.45) is 13.8. The molecule has 1 aliphatic heterocycles. The molecule has 1 amide bonds. The maximum Gasteiger partial charge on any atom is 0.225 e. The predicted molar refractivity (Wildman–Crippen MR) is 104 cm³/mol. The smallest absolute Gasteiger partial charge is 0.225 e. The molecule has 0 radical (unpaired) electrons. The first-order chi connectivity index (χ1) is 12.7.